The van der Waals surface area contributed by atoms with Crippen molar-refractivity contribution in [3.8, 4) is 66.8 Å². The van der Waals surface area contributed by atoms with Gasteiger partial charge in [-0.3, -0.25) is 0 Å². The third-order valence-electron chi connectivity index (χ3n) is 26.4. The summed E-state index contributed by atoms with van der Waals surface area (Å²) in [5, 5.41) is 0. The Hall–Kier alpha value is -9.60. The molecule has 109 heavy (non-hydrogen) atoms. The van der Waals surface area contributed by atoms with Crippen LogP contribution < -0.4 is 0 Å². The van der Waals surface area contributed by atoms with E-state index < -0.39 is 0 Å². The highest BCUT2D eigenvalue weighted by Gasteiger charge is 2.54. The van der Waals surface area contributed by atoms with Crippen molar-refractivity contribution in [3.63, 3.8) is 0 Å². The first-order chi connectivity index (χ1) is 53.7. The molecule has 0 unspecified atom stereocenters. The second-order valence-electron chi connectivity index (χ2n) is 31.4. The number of methoxy groups -OCH3 is 6. The van der Waals surface area contributed by atoms with Crippen molar-refractivity contribution < 1.29 is 28.4 Å². The number of ether oxygens (including phenoxy) is 6. The zero-order valence-corrected chi connectivity index (χ0v) is 64.6. The average molecular weight is 1440 g/mol. The van der Waals surface area contributed by atoms with Crippen LogP contribution in [-0.4, -0.2) is 82.3 Å². The third-order valence-corrected chi connectivity index (χ3v) is 26.4. The summed E-state index contributed by atoms with van der Waals surface area (Å²) in [6.45, 7) is 4.48. The molecule has 12 aromatic rings. The minimum absolute atomic E-state index is 0.0214. The maximum atomic E-state index is 5.75. The van der Waals surface area contributed by atoms with Crippen LogP contribution in [0.4, 0.5) is 0 Å². The second-order valence-corrected chi connectivity index (χ2v) is 31.4. The van der Waals surface area contributed by atoms with Crippen molar-refractivity contribution in [1.29, 1.82) is 0 Å². The Morgan fingerprint density at radius 3 is 0.459 bits per heavy atom. The van der Waals surface area contributed by atoms with Crippen molar-refractivity contribution in [2.45, 2.75) is 116 Å². The molecule has 6 nitrogen and oxygen atoms in total. The summed E-state index contributed by atoms with van der Waals surface area (Å²) in [5.74, 6) is 0. The van der Waals surface area contributed by atoms with E-state index in [1.807, 2.05) is 42.7 Å². The molecule has 0 heterocycles. The number of hydrogen-bond acceptors (Lipinski definition) is 6. The molecule has 0 spiro atoms. The highest BCUT2D eigenvalue weighted by molar-refractivity contribution is 5.87. The van der Waals surface area contributed by atoms with Gasteiger partial charge in [-0.15, -0.1) is 0 Å². The van der Waals surface area contributed by atoms with Gasteiger partial charge >= 0.3 is 0 Å². The van der Waals surface area contributed by atoms with Crippen LogP contribution in [0.2, 0.25) is 0 Å². The van der Waals surface area contributed by atoms with E-state index in [0.717, 1.165) is 110 Å². The Bertz CT molecular complexity index is 4600. The molecule has 552 valence electrons. The predicted octanol–water partition coefficient (Wildman–Crippen LogP) is 23.7. The Balaban J connectivity index is 0.000000125. The number of hydrogen-bond donors (Lipinski definition) is 0. The number of benzene rings is 12. The summed E-state index contributed by atoms with van der Waals surface area (Å²) in [4.78, 5) is 0. The van der Waals surface area contributed by atoms with Crippen molar-refractivity contribution in [1.82, 2.24) is 0 Å². The molecule has 0 fully saturated rings. The van der Waals surface area contributed by atoms with Gasteiger partial charge in [0.1, 0.15) is 0 Å². The van der Waals surface area contributed by atoms with Gasteiger partial charge in [0, 0.05) is 115 Å². The van der Waals surface area contributed by atoms with Crippen molar-refractivity contribution in [3.05, 3.63) is 358 Å². The highest BCUT2D eigenvalue weighted by Crippen LogP contribution is 2.64. The summed E-state index contributed by atoms with van der Waals surface area (Å²) < 4.78 is 34.1. The van der Waals surface area contributed by atoms with Gasteiger partial charge in [-0.2, -0.15) is 0 Å². The molecule has 0 atom stereocenters. The van der Waals surface area contributed by atoms with Crippen molar-refractivity contribution in [2.24, 2.45) is 0 Å². The monoisotopic (exact) mass is 1440 g/mol. The molecule has 12 aromatic carbocycles. The molecule has 0 aromatic heterocycles. The van der Waals surface area contributed by atoms with E-state index in [1.165, 1.54) is 134 Å². The predicted molar refractivity (Wildman–Crippen MR) is 447 cm³/mol. The van der Waals surface area contributed by atoms with E-state index in [0.29, 0.717) is 13.2 Å². The van der Waals surface area contributed by atoms with Crippen LogP contribution in [0.25, 0.3) is 66.8 Å². The van der Waals surface area contributed by atoms with Crippen LogP contribution in [0.3, 0.4) is 0 Å². The molecule has 6 heteroatoms. The van der Waals surface area contributed by atoms with Gasteiger partial charge in [0.25, 0.3) is 0 Å². The zero-order chi connectivity index (χ0) is 74.5. The Kier molecular flexibility index (Phi) is 21.4. The van der Waals surface area contributed by atoms with Gasteiger partial charge in [-0.25, -0.2) is 0 Å². The second kappa shape index (κ2) is 31.8. The van der Waals surface area contributed by atoms with Gasteiger partial charge in [0.05, 0.1) is 0 Å². The fourth-order valence-corrected chi connectivity index (χ4v) is 21.8. The fourth-order valence-electron chi connectivity index (χ4n) is 21.8. The van der Waals surface area contributed by atoms with E-state index in [9.17, 15) is 0 Å². The lowest BCUT2D eigenvalue weighted by atomic mass is 9.60. The van der Waals surface area contributed by atoms with Gasteiger partial charge in [-0.1, -0.05) is 291 Å². The van der Waals surface area contributed by atoms with Crippen LogP contribution in [0.15, 0.2) is 291 Å². The zero-order valence-electron chi connectivity index (χ0n) is 64.6. The van der Waals surface area contributed by atoms with Crippen LogP contribution in [0, 0.1) is 0 Å². The van der Waals surface area contributed by atoms with E-state index in [-0.39, 0.29) is 32.5 Å². The Morgan fingerprint density at radius 2 is 0.294 bits per heavy atom. The van der Waals surface area contributed by atoms with Crippen molar-refractivity contribution in [2.75, 3.05) is 82.3 Å². The van der Waals surface area contributed by atoms with Crippen LogP contribution in [-0.2, 0) is 60.9 Å². The lowest BCUT2D eigenvalue weighted by Crippen LogP contribution is -2.39. The topological polar surface area (TPSA) is 55.4 Å². The smallest absolute Gasteiger partial charge is 0.0474 e. The average Bonchev–Trinajstić information content (AvgIpc) is 1.55. The number of rotatable bonds is 28. The lowest BCUT2D eigenvalue weighted by Gasteiger charge is -2.42. The first-order valence-electron chi connectivity index (χ1n) is 39.9. The van der Waals surface area contributed by atoms with Crippen LogP contribution >= 0.6 is 0 Å². The first kappa shape index (κ1) is 73.5. The molecule has 0 saturated heterocycles. The minimum atomic E-state index is -0.151. The van der Waals surface area contributed by atoms with Crippen molar-refractivity contribution >= 4 is 0 Å². The Morgan fingerprint density at radius 1 is 0.156 bits per heavy atom. The minimum Gasteiger partial charge on any atom is -0.385 e. The summed E-state index contributed by atoms with van der Waals surface area (Å²) >= 11 is 0. The number of fused-ring (bicyclic) bond motifs is 18. The third kappa shape index (κ3) is 12.5. The van der Waals surface area contributed by atoms with Gasteiger partial charge in [0.15, 0.2) is 0 Å². The molecule has 6 aliphatic rings. The van der Waals surface area contributed by atoms with Gasteiger partial charge in [0.2, 0.25) is 0 Å². The summed E-state index contributed by atoms with van der Waals surface area (Å²) in [6, 6.07) is 109. The molecule has 6 aliphatic carbocycles. The SMILES string of the molecule is COCCC1(CC2(CCOC)c3ccccc3-c3ccccc32)c2ccccc2-c2ccccc21.COCCC1(CCC2(CCOC)c3ccccc3-c3ccccc32)c2ccccc2-c2ccccc21.COCCCC1(CCC2(CCCOC)c3ccccc3-c3ccccc32)c2ccccc2-c2ccccc21. The maximum Gasteiger partial charge on any atom is 0.0474 e. The molecular weight excluding hydrogens is 1330 g/mol. The van der Waals surface area contributed by atoms with E-state index in [2.05, 4.69) is 291 Å². The molecule has 0 bridgehead atoms. The maximum absolute atomic E-state index is 5.75. The molecule has 0 aliphatic heterocycles. The lowest BCUT2D eigenvalue weighted by molar-refractivity contribution is 0.149. The largest absolute Gasteiger partial charge is 0.385 e. The summed E-state index contributed by atoms with van der Waals surface area (Å²) in [6.07, 6.45) is 13.4. The quantitative estimate of drug-likeness (QED) is 0.0456. The van der Waals surface area contributed by atoms with Gasteiger partial charge < -0.3 is 28.4 Å². The fraction of sp³-hybridized carbons (Fsp3) is 0.301. The molecule has 0 N–H and O–H groups in total. The van der Waals surface area contributed by atoms with Crippen LogP contribution in [0.1, 0.15) is 150 Å². The Labute approximate surface area is 647 Å². The first-order valence-corrected chi connectivity index (χ1v) is 39.9. The standard InChI is InChI=1S/C36H38O2.C34H34O2.C33H32O2/c1-37-25-11-21-35(31-17-7-3-13-27(31)28-14-4-8-18-32(28)35)23-24-36(22-12-26-38-2)33-19-9-5-15-29(33)30-16-6-10-20-34(30)36;1-35-23-21-33(29-15-7-3-11-25(29)26-12-4-8-16-30(26)33)19-20-34(22-24-36-2)31-17-9-5-13-27(31)28-14-6-10-18-32(28)34;1-34-21-19-32(28-15-7-3-11-24(28)25-12-4-8-16-29(25)32)23-33(20-22-35-2)30-17-9-5-13-26(30)27-14-6-10-18-31(27)33/h3-10,13-20H,11-12,21-26H2,1-2H3;3-18H,19-24H2,1-2H3;3-18H,19-23H2,1-2H3. The molecular formula is C103H104O6. The van der Waals surface area contributed by atoms with E-state index in [4.69, 9.17) is 28.4 Å². The highest BCUT2D eigenvalue weighted by atomic mass is 16.5. The van der Waals surface area contributed by atoms with Crippen LogP contribution in [0.5, 0.6) is 0 Å². The van der Waals surface area contributed by atoms with E-state index >= 15 is 0 Å². The molecule has 0 radical (unpaired) electrons. The summed E-state index contributed by atoms with van der Waals surface area (Å²) in [5.41, 5.74) is 33.5. The molecule has 18 rings (SSSR count). The molecule has 0 saturated carbocycles. The van der Waals surface area contributed by atoms with E-state index in [1.54, 1.807) is 0 Å². The molecule has 0 amide bonds. The van der Waals surface area contributed by atoms with Gasteiger partial charge in [-0.05, 0) is 217 Å². The normalized spacial score (nSPS) is 15.7. The summed E-state index contributed by atoms with van der Waals surface area (Å²) in [7, 11) is 10.9.